The van der Waals surface area contributed by atoms with E-state index in [-0.39, 0.29) is 16.7 Å². The first-order chi connectivity index (χ1) is 15.1. The van der Waals surface area contributed by atoms with Crippen LogP contribution >= 0.6 is 0 Å². The summed E-state index contributed by atoms with van der Waals surface area (Å²) in [7, 11) is 0. The van der Waals surface area contributed by atoms with Crippen LogP contribution < -0.4 is 5.32 Å². The number of benzene rings is 2. The standard InChI is InChI=1S/C30H35NO/c1-28(2)16-24-26(25(32)17-28)23(15-20-14-19-12-13-30(20,5)29(19,3)4)22-11-10-18-8-6-7-9-21(18)27(22)31-24/h6-11,15,19,23,31H,12-14,16-17H2,1-5H3/t19-,23-,30+/m0/s1. The smallest absolute Gasteiger partial charge is 0.162 e. The Labute approximate surface area is 192 Å². The summed E-state index contributed by atoms with van der Waals surface area (Å²) < 4.78 is 0. The second-order valence-electron chi connectivity index (χ2n) is 12.4. The number of fused-ring (bicyclic) bond motifs is 5. The molecule has 2 saturated carbocycles. The molecule has 4 aliphatic rings. The number of ketones is 1. The van der Waals surface area contributed by atoms with Gasteiger partial charge >= 0.3 is 0 Å². The van der Waals surface area contributed by atoms with Gasteiger partial charge in [0.1, 0.15) is 0 Å². The van der Waals surface area contributed by atoms with Gasteiger partial charge in [-0.15, -0.1) is 0 Å². The van der Waals surface area contributed by atoms with Crippen molar-refractivity contribution in [1.29, 1.82) is 0 Å². The average Bonchev–Trinajstić information content (AvgIpc) is 3.06. The van der Waals surface area contributed by atoms with Crippen LogP contribution in [0.4, 0.5) is 5.69 Å². The maximum Gasteiger partial charge on any atom is 0.162 e. The van der Waals surface area contributed by atoms with E-state index in [2.05, 4.69) is 82.4 Å². The summed E-state index contributed by atoms with van der Waals surface area (Å²) in [5.41, 5.74) is 6.85. The van der Waals surface area contributed by atoms with Crippen molar-refractivity contribution in [3.05, 3.63) is 64.9 Å². The van der Waals surface area contributed by atoms with Crippen LogP contribution in [-0.2, 0) is 4.79 Å². The van der Waals surface area contributed by atoms with E-state index in [9.17, 15) is 4.79 Å². The number of nitrogens with one attached hydrogen (secondary N) is 1. The first kappa shape index (κ1) is 20.3. The largest absolute Gasteiger partial charge is 0.358 e. The molecule has 0 unspecified atom stereocenters. The Morgan fingerprint density at radius 1 is 1.00 bits per heavy atom. The van der Waals surface area contributed by atoms with E-state index in [0.29, 0.717) is 17.6 Å². The average molecular weight is 426 g/mol. The normalized spacial score (nSPS) is 33.4. The van der Waals surface area contributed by atoms with Gasteiger partial charge in [-0.05, 0) is 58.8 Å². The molecule has 0 radical (unpaired) electrons. The third kappa shape index (κ3) is 2.62. The molecule has 2 heteroatoms. The molecule has 166 valence electrons. The molecule has 2 bridgehead atoms. The van der Waals surface area contributed by atoms with E-state index in [1.165, 1.54) is 41.3 Å². The van der Waals surface area contributed by atoms with Crippen molar-refractivity contribution in [3.8, 4) is 0 Å². The monoisotopic (exact) mass is 425 g/mol. The summed E-state index contributed by atoms with van der Waals surface area (Å²) in [5.74, 6) is 1.17. The van der Waals surface area contributed by atoms with E-state index < -0.39 is 0 Å². The number of Topliss-reactive ketones (excluding diaryl/α,β-unsaturated/α-hetero) is 1. The highest BCUT2D eigenvalue weighted by molar-refractivity contribution is 6.05. The second kappa shape index (κ2) is 6.37. The Morgan fingerprint density at radius 3 is 2.50 bits per heavy atom. The minimum atomic E-state index is 0.00307. The van der Waals surface area contributed by atoms with Crippen LogP contribution in [0.5, 0.6) is 0 Å². The molecule has 0 aromatic heterocycles. The zero-order chi connectivity index (χ0) is 22.5. The fraction of sp³-hybridized carbons (Fsp3) is 0.500. The molecule has 0 spiro atoms. The molecule has 6 rings (SSSR count). The molecule has 2 fully saturated rings. The highest BCUT2D eigenvalue weighted by atomic mass is 16.1. The van der Waals surface area contributed by atoms with Gasteiger partial charge < -0.3 is 5.32 Å². The van der Waals surface area contributed by atoms with Crippen LogP contribution in [0, 0.1) is 22.2 Å². The molecular weight excluding hydrogens is 390 g/mol. The summed E-state index contributed by atoms with van der Waals surface area (Å²) in [6.07, 6.45) is 7.91. The van der Waals surface area contributed by atoms with Gasteiger partial charge in [0, 0.05) is 29.0 Å². The lowest BCUT2D eigenvalue weighted by molar-refractivity contribution is -0.118. The lowest BCUT2D eigenvalue weighted by atomic mass is 9.66. The summed E-state index contributed by atoms with van der Waals surface area (Å²) in [6, 6.07) is 13.1. The Kier molecular flexibility index (Phi) is 4.03. The van der Waals surface area contributed by atoms with Gasteiger partial charge in [-0.1, -0.05) is 82.7 Å². The lowest BCUT2D eigenvalue weighted by Gasteiger charge is -2.40. The predicted octanol–water partition coefficient (Wildman–Crippen LogP) is 7.76. The predicted molar refractivity (Wildman–Crippen MR) is 133 cm³/mol. The second-order valence-corrected chi connectivity index (χ2v) is 12.4. The number of carbonyl (C=O) groups is 1. The van der Waals surface area contributed by atoms with Crippen molar-refractivity contribution in [2.24, 2.45) is 22.2 Å². The minimum absolute atomic E-state index is 0.00307. The molecule has 1 heterocycles. The van der Waals surface area contributed by atoms with Crippen LogP contribution in [0.3, 0.4) is 0 Å². The van der Waals surface area contributed by atoms with E-state index in [4.69, 9.17) is 0 Å². The van der Waals surface area contributed by atoms with E-state index in [1.807, 2.05) is 0 Å². The molecule has 2 aromatic carbocycles. The number of carbonyl (C=O) groups excluding carboxylic acids is 1. The number of anilines is 1. The Hall–Kier alpha value is -2.35. The van der Waals surface area contributed by atoms with Crippen molar-refractivity contribution in [3.63, 3.8) is 0 Å². The maximum atomic E-state index is 13.5. The van der Waals surface area contributed by atoms with Gasteiger partial charge in [-0.25, -0.2) is 0 Å². The van der Waals surface area contributed by atoms with Gasteiger partial charge in [0.15, 0.2) is 5.78 Å². The van der Waals surface area contributed by atoms with Crippen LogP contribution in [0.2, 0.25) is 0 Å². The van der Waals surface area contributed by atoms with Crippen molar-refractivity contribution >= 4 is 22.2 Å². The van der Waals surface area contributed by atoms with Gasteiger partial charge in [-0.2, -0.15) is 0 Å². The zero-order valence-corrected chi connectivity index (χ0v) is 20.1. The first-order valence-corrected chi connectivity index (χ1v) is 12.4. The van der Waals surface area contributed by atoms with Crippen LogP contribution in [0.15, 0.2) is 59.3 Å². The van der Waals surface area contributed by atoms with E-state index >= 15 is 0 Å². The number of rotatable bonds is 1. The zero-order valence-electron chi connectivity index (χ0n) is 20.1. The topological polar surface area (TPSA) is 29.1 Å². The van der Waals surface area contributed by atoms with Crippen molar-refractivity contribution in [2.75, 3.05) is 5.32 Å². The molecule has 2 aromatic rings. The third-order valence-corrected chi connectivity index (χ3v) is 9.78. The fourth-order valence-corrected chi connectivity index (χ4v) is 7.45. The maximum absolute atomic E-state index is 13.5. The van der Waals surface area contributed by atoms with Crippen LogP contribution in [-0.4, -0.2) is 5.78 Å². The highest BCUT2D eigenvalue weighted by Gasteiger charge is 2.58. The Balaban J connectivity index is 1.57. The summed E-state index contributed by atoms with van der Waals surface area (Å²) in [5, 5.41) is 6.28. The SMILES string of the molecule is CC1(C)CC(=O)C2=C(C1)Nc1c(ccc3ccccc13)[C@@H]2C=C1C[C@@H]2CC[C@@]1(C)C2(C)C. The van der Waals surface area contributed by atoms with Gasteiger partial charge in [0.2, 0.25) is 0 Å². The molecule has 3 atom stereocenters. The van der Waals surface area contributed by atoms with Gasteiger partial charge in [-0.3, -0.25) is 4.79 Å². The van der Waals surface area contributed by atoms with Crippen LogP contribution in [0.1, 0.15) is 78.2 Å². The Morgan fingerprint density at radius 2 is 1.78 bits per heavy atom. The fourth-order valence-electron chi connectivity index (χ4n) is 7.45. The number of hydrogen-bond acceptors (Lipinski definition) is 2. The molecule has 2 nitrogen and oxygen atoms in total. The number of allylic oxidation sites excluding steroid dienone is 4. The summed E-state index contributed by atoms with van der Waals surface area (Å²) in [4.78, 5) is 13.5. The highest BCUT2D eigenvalue weighted by Crippen LogP contribution is 2.68. The number of hydrogen-bond donors (Lipinski definition) is 1. The molecular formula is C30H35NO. The first-order valence-electron chi connectivity index (χ1n) is 12.4. The van der Waals surface area contributed by atoms with Crippen molar-refractivity contribution in [1.82, 2.24) is 0 Å². The molecule has 32 heavy (non-hydrogen) atoms. The van der Waals surface area contributed by atoms with E-state index in [0.717, 1.165) is 23.6 Å². The quantitative estimate of drug-likeness (QED) is 0.473. The minimum Gasteiger partial charge on any atom is -0.358 e. The molecule has 3 aliphatic carbocycles. The van der Waals surface area contributed by atoms with Crippen molar-refractivity contribution < 1.29 is 4.79 Å². The summed E-state index contributed by atoms with van der Waals surface area (Å²) >= 11 is 0. The summed E-state index contributed by atoms with van der Waals surface area (Å²) in [6.45, 7) is 11.9. The van der Waals surface area contributed by atoms with E-state index in [1.54, 1.807) is 5.57 Å². The van der Waals surface area contributed by atoms with Gasteiger partial charge in [0.05, 0.1) is 5.69 Å². The van der Waals surface area contributed by atoms with Crippen LogP contribution in [0.25, 0.3) is 10.8 Å². The molecule has 1 N–H and O–H groups in total. The molecule has 1 aliphatic heterocycles. The lowest BCUT2D eigenvalue weighted by Crippen LogP contribution is -2.33. The Bertz CT molecular complexity index is 1230. The van der Waals surface area contributed by atoms with Crippen molar-refractivity contribution in [2.45, 2.75) is 72.6 Å². The third-order valence-electron chi connectivity index (χ3n) is 9.78. The molecule has 0 saturated heterocycles. The molecule has 0 amide bonds. The van der Waals surface area contributed by atoms with Gasteiger partial charge in [0.25, 0.3) is 0 Å².